The van der Waals surface area contributed by atoms with Gasteiger partial charge in [-0.25, -0.2) is 0 Å². The van der Waals surface area contributed by atoms with Crippen LogP contribution in [-0.4, -0.2) is 36.6 Å². The third kappa shape index (κ3) is 4.32. The van der Waals surface area contributed by atoms with Gasteiger partial charge < -0.3 is 14.4 Å². The highest BCUT2D eigenvalue weighted by molar-refractivity contribution is 5.94. The molecule has 0 unspecified atom stereocenters. The lowest BCUT2D eigenvalue weighted by Crippen LogP contribution is -2.26. The molecule has 0 aliphatic heterocycles. The smallest absolute Gasteiger partial charge is 0.254 e. The molecule has 0 N–H and O–H groups in total. The van der Waals surface area contributed by atoms with E-state index in [1.165, 1.54) is 0 Å². The van der Waals surface area contributed by atoms with E-state index in [2.05, 4.69) is 11.6 Å². The number of carbonyl (C=O) groups is 1. The van der Waals surface area contributed by atoms with Crippen LogP contribution in [0.3, 0.4) is 0 Å². The van der Waals surface area contributed by atoms with Gasteiger partial charge in [-0.15, -0.1) is 0 Å². The van der Waals surface area contributed by atoms with E-state index in [1.807, 2.05) is 12.1 Å². The number of ether oxygens (including phenoxy) is 2. The van der Waals surface area contributed by atoms with Gasteiger partial charge in [0.25, 0.3) is 5.91 Å². The van der Waals surface area contributed by atoms with E-state index in [1.54, 1.807) is 55.7 Å². The van der Waals surface area contributed by atoms with Crippen LogP contribution in [0.25, 0.3) is 0 Å². The van der Waals surface area contributed by atoms with Crippen molar-refractivity contribution in [1.82, 2.24) is 9.88 Å². The lowest BCUT2D eigenvalue weighted by atomic mass is 10.1. The predicted octanol–water partition coefficient (Wildman–Crippen LogP) is 2.93. The highest BCUT2D eigenvalue weighted by atomic mass is 16.5. The molecule has 1 heterocycles. The summed E-state index contributed by atoms with van der Waals surface area (Å²) in [5, 5.41) is 0. The lowest BCUT2D eigenvalue weighted by Gasteiger charge is -2.18. The predicted molar refractivity (Wildman–Crippen MR) is 88.7 cm³/mol. The largest absolute Gasteiger partial charge is 0.493 e. The molecule has 0 spiro atoms. The molecule has 0 atom stereocenters. The Morgan fingerprint density at radius 1 is 1.35 bits per heavy atom. The highest BCUT2D eigenvalue weighted by Gasteiger charge is 2.15. The third-order valence-electron chi connectivity index (χ3n) is 3.26. The molecule has 2 rings (SSSR count). The molecule has 0 bridgehead atoms. The third-order valence-corrected chi connectivity index (χ3v) is 3.26. The fraction of sp³-hybridized carbons (Fsp3) is 0.222. The molecule has 5 heteroatoms. The maximum absolute atomic E-state index is 12.5. The summed E-state index contributed by atoms with van der Waals surface area (Å²) >= 11 is 0. The van der Waals surface area contributed by atoms with Crippen LogP contribution in [0.1, 0.15) is 15.9 Å². The monoisotopic (exact) mass is 312 g/mol. The Balaban J connectivity index is 2.13. The van der Waals surface area contributed by atoms with Gasteiger partial charge in [0.05, 0.1) is 7.11 Å². The summed E-state index contributed by atoms with van der Waals surface area (Å²) in [6.07, 6.45) is 5.11. The average Bonchev–Trinajstić information content (AvgIpc) is 2.60. The minimum absolute atomic E-state index is 0.0950. The summed E-state index contributed by atoms with van der Waals surface area (Å²) < 4.78 is 10.8. The first-order valence-electron chi connectivity index (χ1n) is 7.21. The van der Waals surface area contributed by atoms with Gasteiger partial charge in [-0.05, 0) is 29.8 Å². The molecular weight excluding hydrogens is 292 g/mol. The van der Waals surface area contributed by atoms with Crippen LogP contribution in [0.5, 0.6) is 11.5 Å². The van der Waals surface area contributed by atoms with Gasteiger partial charge in [-0.3, -0.25) is 9.78 Å². The van der Waals surface area contributed by atoms with Crippen molar-refractivity contribution in [2.24, 2.45) is 0 Å². The first-order valence-corrected chi connectivity index (χ1v) is 7.21. The zero-order chi connectivity index (χ0) is 16.7. The Bertz CT molecular complexity index is 671. The van der Waals surface area contributed by atoms with E-state index < -0.39 is 0 Å². The van der Waals surface area contributed by atoms with Gasteiger partial charge in [0, 0.05) is 31.5 Å². The molecule has 120 valence electrons. The van der Waals surface area contributed by atoms with Gasteiger partial charge in [0.1, 0.15) is 6.61 Å². The second-order valence-electron chi connectivity index (χ2n) is 4.99. The summed E-state index contributed by atoms with van der Waals surface area (Å²) in [7, 11) is 3.30. The van der Waals surface area contributed by atoms with Crippen molar-refractivity contribution in [3.8, 4) is 11.5 Å². The summed E-state index contributed by atoms with van der Waals surface area (Å²) in [5.41, 5.74) is 1.51. The molecule has 0 saturated carbocycles. The number of hydrogen-bond acceptors (Lipinski definition) is 4. The number of methoxy groups -OCH3 is 1. The maximum Gasteiger partial charge on any atom is 0.254 e. The van der Waals surface area contributed by atoms with Crippen molar-refractivity contribution in [2.75, 3.05) is 20.8 Å². The Labute approximate surface area is 136 Å². The molecular formula is C18H20N2O3. The van der Waals surface area contributed by atoms with Crippen LogP contribution in [0.4, 0.5) is 0 Å². The van der Waals surface area contributed by atoms with Gasteiger partial charge in [0.2, 0.25) is 0 Å². The molecule has 0 aliphatic rings. The number of hydrogen-bond donors (Lipinski definition) is 0. The van der Waals surface area contributed by atoms with Crippen LogP contribution in [0, 0.1) is 0 Å². The molecule has 1 amide bonds. The maximum atomic E-state index is 12.5. The van der Waals surface area contributed by atoms with Crippen molar-refractivity contribution < 1.29 is 14.3 Å². The number of aromatic nitrogens is 1. The Hall–Kier alpha value is -2.82. The molecule has 5 nitrogen and oxygen atoms in total. The average molecular weight is 312 g/mol. The van der Waals surface area contributed by atoms with E-state index >= 15 is 0 Å². The molecule has 0 aliphatic carbocycles. The number of nitrogens with zero attached hydrogens (tertiary/aromatic N) is 2. The number of carbonyl (C=O) groups excluding carboxylic acids is 1. The zero-order valence-electron chi connectivity index (χ0n) is 13.4. The van der Waals surface area contributed by atoms with Crippen LogP contribution in [0.15, 0.2) is 55.4 Å². The van der Waals surface area contributed by atoms with E-state index in [9.17, 15) is 4.79 Å². The van der Waals surface area contributed by atoms with Crippen LogP contribution in [-0.2, 0) is 6.54 Å². The van der Waals surface area contributed by atoms with Crippen LogP contribution in [0.2, 0.25) is 0 Å². The normalized spacial score (nSPS) is 10.0. The van der Waals surface area contributed by atoms with Crippen molar-refractivity contribution in [2.45, 2.75) is 6.54 Å². The Morgan fingerprint density at radius 3 is 2.83 bits per heavy atom. The van der Waals surface area contributed by atoms with E-state index in [-0.39, 0.29) is 5.91 Å². The Kier molecular flexibility index (Phi) is 5.74. The quantitative estimate of drug-likeness (QED) is 0.738. The van der Waals surface area contributed by atoms with Crippen molar-refractivity contribution in [1.29, 1.82) is 0 Å². The van der Waals surface area contributed by atoms with Gasteiger partial charge in [-0.2, -0.15) is 0 Å². The number of amides is 1. The molecule has 0 fully saturated rings. The fourth-order valence-electron chi connectivity index (χ4n) is 2.13. The van der Waals surface area contributed by atoms with E-state index in [0.29, 0.717) is 30.2 Å². The lowest BCUT2D eigenvalue weighted by molar-refractivity contribution is 0.0784. The molecule has 0 radical (unpaired) electrons. The highest BCUT2D eigenvalue weighted by Crippen LogP contribution is 2.28. The van der Waals surface area contributed by atoms with Crippen LogP contribution < -0.4 is 9.47 Å². The summed E-state index contributed by atoms with van der Waals surface area (Å²) in [4.78, 5) is 18.2. The topological polar surface area (TPSA) is 51.7 Å². The molecule has 1 aromatic carbocycles. The van der Waals surface area contributed by atoms with Crippen molar-refractivity contribution in [3.63, 3.8) is 0 Å². The van der Waals surface area contributed by atoms with Crippen LogP contribution >= 0.6 is 0 Å². The van der Waals surface area contributed by atoms with Gasteiger partial charge >= 0.3 is 0 Å². The first kappa shape index (κ1) is 16.5. The summed E-state index contributed by atoms with van der Waals surface area (Å²) in [5.74, 6) is 1.01. The molecule has 23 heavy (non-hydrogen) atoms. The molecule has 1 aromatic heterocycles. The van der Waals surface area contributed by atoms with Crippen molar-refractivity contribution in [3.05, 3.63) is 66.5 Å². The molecule has 2 aromatic rings. The second kappa shape index (κ2) is 7.98. The number of pyridine rings is 1. The minimum Gasteiger partial charge on any atom is -0.493 e. The second-order valence-corrected chi connectivity index (χ2v) is 4.99. The standard InChI is InChI=1S/C18H20N2O3/c1-4-10-23-16-8-7-15(11-17(16)22-3)18(21)20(2)13-14-6-5-9-19-12-14/h4-9,11-12H,1,10,13H2,2-3H3. The number of benzene rings is 1. The van der Waals surface area contributed by atoms with Gasteiger partial charge in [0.15, 0.2) is 11.5 Å². The minimum atomic E-state index is -0.0950. The summed E-state index contributed by atoms with van der Waals surface area (Å²) in [6.45, 7) is 4.48. The molecule has 0 saturated heterocycles. The first-order chi connectivity index (χ1) is 11.2. The van der Waals surface area contributed by atoms with E-state index in [4.69, 9.17) is 9.47 Å². The summed E-state index contributed by atoms with van der Waals surface area (Å²) in [6, 6.07) is 8.92. The number of rotatable bonds is 7. The fourth-order valence-corrected chi connectivity index (χ4v) is 2.13. The van der Waals surface area contributed by atoms with Crippen molar-refractivity contribution >= 4 is 5.91 Å². The zero-order valence-corrected chi connectivity index (χ0v) is 13.4. The van der Waals surface area contributed by atoms with Gasteiger partial charge in [-0.1, -0.05) is 18.7 Å². The Morgan fingerprint density at radius 2 is 2.17 bits per heavy atom. The van der Waals surface area contributed by atoms with E-state index in [0.717, 1.165) is 5.56 Å². The SMILES string of the molecule is C=CCOc1ccc(C(=O)N(C)Cc2cccnc2)cc1OC.